The third-order valence-corrected chi connectivity index (χ3v) is 5.68. The first-order valence-electron chi connectivity index (χ1n) is 6.79. The molecule has 2 aliphatic heterocycles. The van der Waals surface area contributed by atoms with Crippen molar-refractivity contribution in [2.75, 3.05) is 14.2 Å². The minimum absolute atomic E-state index is 0.798. The maximum Gasteiger partial charge on any atom is 0.118 e. The number of piperidine rings is 1. The van der Waals surface area contributed by atoms with Crippen LogP contribution in [0.5, 0.6) is 5.75 Å². The number of fused-ring (bicyclic) bond motifs is 2. The lowest BCUT2D eigenvalue weighted by atomic mass is 10.0. The average Bonchev–Trinajstić information content (AvgIpc) is 2.63. The van der Waals surface area contributed by atoms with E-state index in [2.05, 4.69) is 48.0 Å². The Morgan fingerprint density at radius 1 is 1.11 bits per heavy atom. The third kappa shape index (κ3) is 2.39. The Hall–Kier alpha value is -0.670. The Bertz CT molecular complexity index is 391. The topological polar surface area (TPSA) is 12.5 Å². The highest BCUT2D eigenvalue weighted by molar-refractivity contribution is 8.00. The molecule has 3 rings (SSSR count). The van der Waals surface area contributed by atoms with Crippen molar-refractivity contribution in [3.8, 4) is 5.75 Å². The summed E-state index contributed by atoms with van der Waals surface area (Å²) in [5.41, 5.74) is 0. The van der Waals surface area contributed by atoms with Gasteiger partial charge in [0.15, 0.2) is 0 Å². The fraction of sp³-hybridized carbons (Fsp3) is 0.600. The standard InChI is InChI=1S/C15H21NOS/c1-16-11-3-4-12(16)10-15(9-11)18-14-7-5-13(17-2)6-8-14/h5-8,11-12,15H,3-4,9-10H2,1-2H3. The number of nitrogens with zero attached hydrogens (tertiary/aromatic N) is 1. The smallest absolute Gasteiger partial charge is 0.118 e. The Morgan fingerprint density at radius 2 is 1.72 bits per heavy atom. The molecule has 0 aromatic heterocycles. The van der Waals surface area contributed by atoms with E-state index in [1.54, 1.807) is 7.11 Å². The minimum Gasteiger partial charge on any atom is -0.497 e. The molecule has 2 fully saturated rings. The molecule has 0 spiro atoms. The molecule has 0 N–H and O–H groups in total. The summed E-state index contributed by atoms with van der Waals surface area (Å²) >= 11 is 2.05. The second-order valence-electron chi connectivity index (χ2n) is 5.44. The van der Waals surface area contributed by atoms with Gasteiger partial charge in [0, 0.05) is 22.2 Å². The number of thioether (sulfide) groups is 1. The molecule has 1 aromatic carbocycles. The molecule has 18 heavy (non-hydrogen) atoms. The molecular weight excluding hydrogens is 242 g/mol. The third-order valence-electron chi connectivity index (χ3n) is 4.42. The van der Waals surface area contributed by atoms with Gasteiger partial charge in [0.25, 0.3) is 0 Å². The molecule has 2 aliphatic rings. The van der Waals surface area contributed by atoms with Crippen molar-refractivity contribution in [2.24, 2.45) is 0 Å². The Morgan fingerprint density at radius 3 is 2.28 bits per heavy atom. The zero-order valence-corrected chi connectivity index (χ0v) is 12.0. The lowest BCUT2D eigenvalue weighted by Gasteiger charge is -2.36. The van der Waals surface area contributed by atoms with Crippen LogP contribution in [0.1, 0.15) is 25.7 Å². The lowest BCUT2D eigenvalue weighted by molar-refractivity contribution is 0.183. The number of ether oxygens (including phenoxy) is 1. The van der Waals surface area contributed by atoms with E-state index in [1.807, 2.05) is 0 Å². The zero-order chi connectivity index (χ0) is 12.5. The van der Waals surface area contributed by atoms with E-state index < -0.39 is 0 Å². The molecule has 2 bridgehead atoms. The van der Waals surface area contributed by atoms with Gasteiger partial charge in [-0.2, -0.15) is 0 Å². The first kappa shape index (κ1) is 12.4. The lowest BCUT2D eigenvalue weighted by Crippen LogP contribution is -2.40. The summed E-state index contributed by atoms with van der Waals surface area (Å²) in [4.78, 5) is 3.98. The number of hydrogen-bond donors (Lipinski definition) is 0. The molecule has 2 atom stereocenters. The van der Waals surface area contributed by atoms with Crippen molar-refractivity contribution in [1.82, 2.24) is 4.90 Å². The quantitative estimate of drug-likeness (QED) is 0.829. The SMILES string of the molecule is COc1ccc(SC2CC3CCC(C2)N3C)cc1. The summed E-state index contributed by atoms with van der Waals surface area (Å²) in [6.45, 7) is 0. The largest absolute Gasteiger partial charge is 0.497 e. The summed E-state index contributed by atoms with van der Waals surface area (Å²) in [6, 6.07) is 10.2. The van der Waals surface area contributed by atoms with Gasteiger partial charge in [0.1, 0.15) is 5.75 Å². The van der Waals surface area contributed by atoms with Crippen LogP contribution in [0, 0.1) is 0 Å². The van der Waals surface area contributed by atoms with Crippen molar-refractivity contribution in [1.29, 1.82) is 0 Å². The van der Waals surface area contributed by atoms with Crippen LogP contribution in [0.3, 0.4) is 0 Å². The van der Waals surface area contributed by atoms with E-state index in [4.69, 9.17) is 4.74 Å². The van der Waals surface area contributed by atoms with Crippen LogP contribution in [-0.4, -0.2) is 36.4 Å². The van der Waals surface area contributed by atoms with Gasteiger partial charge in [-0.3, -0.25) is 0 Å². The van der Waals surface area contributed by atoms with Crippen LogP contribution in [0.2, 0.25) is 0 Å². The van der Waals surface area contributed by atoms with Crippen LogP contribution >= 0.6 is 11.8 Å². The number of rotatable bonds is 3. The van der Waals surface area contributed by atoms with Crippen molar-refractivity contribution < 1.29 is 4.74 Å². The van der Waals surface area contributed by atoms with Gasteiger partial charge in [-0.25, -0.2) is 0 Å². The first-order valence-corrected chi connectivity index (χ1v) is 7.67. The zero-order valence-electron chi connectivity index (χ0n) is 11.1. The molecule has 0 saturated carbocycles. The minimum atomic E-state index is 0.798. The Balaban J connectivity index is 1.63. The highest BCUT2D eigenvalue weighted by atomic mass is 32.2. The molecule has 0 radical (unpaired) electrons. The molecule has 0 amide bonds. The van der Waals surface area contributed by atoms with E-state index in [9.17, 15) is 0 Å². The Labute approximate surface area is 114 Å². The molecule has 0 aliphatic carbocycles. The Kier molecular flexibility index (Phi) is 3.53. The summed E-state index contributed by atoms with van der Waals surface area (Å²) in [7, 11) is 4.02. The van der Waals surface area contributed by atoms with E-state index in [1.165, 1.54) is 30.6 Å². The maximum absolute atomic E-state index is 5.20. The van der Waals surface area contributed by atoms with Gasteiger partial charge in [-0.05, 0) is 57.0 Å². The van der Waals surface area contributed by atoms with Crippen LogP contribution in [0.15, 0.2) is 29.2 Å². The second kappa shape index (κ2) is 5.14. The molecule has 98 valence electrons. The predicted octanol–water partition coefficient (Wildman–Crippen LogP) is 3.41. The molecule has 2 heterocycles. The molecular formula is C15H21NOS. The summed E-state index contributed by atoms with van der Waals surface area (Å²) < 4.78 is 5.20. The van der Waals surface area contributed by atoms with Gasteiger partial charge >= 0.3 is 0 Å². The van der Waals surface area contributed by atoms with Crippen LogP contribution in [0.4, 0.5) is 0 Å². The van der Waals surface area contributed by atoms with E-state index in [-0.39, 0.29) is 0 Å². The normalized spacial score (nSPS) is 31.6. The molecule has 2 unspecified atom stereocenters. The molecule has 3 heteroatoms. The first-order chi connectivity index (χ1) is 8.76. The van der Waals surface area contributed by atoms with Crippen molar-refractivity contribution in [2.45, 2.75) is 47.9 Å². The molecule has 2 nitrogen and oxygen atoms in total. The summed E-state index contributed by atoms with van der Waals surface area (Å²) in [5.74, 6) is 0.947. The van der Waals surface area contributed by atoms with Gasteiger partial charge in [0.05, 0.1) is 7.11 Å². The summed E-state index contributed by atoms with van der Waals surface area (Å²) in [5, 5.41) is 0.798. The highest BCUT2D eigenvalue weighted by Gasteiger charge is 2.38. The van der Waals surface area contributed by atoms with E-state index >= 15 is 0 Å². The van der Waals surface area contributed by atoms with Crippen LogP contribution < -0.4 is 4.74 Å². The van der Waals surface area contributed by atoms with Gasteiger partial charge in [0.2, 0.25) is 0 Å². The highest BCUT2D eigenvalue weighted by Crippen LogP contribution is 2.41. The van der Waals surface area contributed by atoms with Crippen molar-refractivity contribution in [3.05, 3.63) is 24.3 Å². The van der Waals surface area contributed by atoms with E-state index in [0.29, 0.717) is 0 Å². The average molecular weight is 263 g/mol. The van der Waals surface area contributed by atoms with Crippen LogP contribution in [0.25, 0.3) is 0 Å². The monoisotopic (exact) mass is 263 g/mol. The van der Waals surface area contributed by atoms with Gasteiger partial charge in [-0.1, -0.05) is 0 Å². The van der Waals surface area contributed by atoms with Crippen LogP contribution in [-0.2, 0) is 0 Å². The van der Waals surface area contributed by atoms with Crippen molar-refractivity contribution >= 4 is 11.8 Å². The van der Waals surface area contributed by atoms with Crippen molar-refractivity contribution in [3.63, 3.8) is 0 Å². The number of methoxy groups -OCH3 is 1. The van der Waals surface area contributed by atoms with Gasteiger partial charge < -0.3 is 9.64 Å². The second-order valence-corrected chi connectivity index (χ2v) is 6.81. The predicted molar refractivity (Wildman–Crippen MR) is 76.4 cm³/mol. The maximum atomic E-state index is 5.20. The number of benzene rings is 1. The summed E-state index contributed by atoms with van der Waals surface area (Å²) in [6.07, 6.45) is 5.51. The van der Waals surface area contributed by atoms with E-state index in [0.717, 1.165) is 23.1 Å². The fourth-order valence-electron chi connectivity index (χ4n) is 3.30. The van der Waals surface area contributed by atoms with Gasteiger partial charge in [-0.15, -0.1) is 11.8 Å². The number of hydrogen-bond acceptors (Lipinski definition) is 3. The molecule has 2 saturated heterocycles. The molecule has 1 aromatic rings. The fourth-order valence-corrected chi connectivity index (χ4v) is 4.62.